The van der Waals surface area contributed by atoms with Crippen molar-refractivity contribution in [2.75, 3.05) is 44.2 Å². The van der Waals surface area contributed by atoms with E-state index in [1.807, 2.05) is 37.4 Å². The minimum absolute atomic E-state index is 0. The molecule has 0 bridgehead atoms. The van der Waals surface area contributed by atoms with Crippen LogP contribution < -0.4 is 15.0 Å². The summed E-state index contributed by atoms with van der Waals surface area (Å²) >= 11 is 0. The first-order chi connectivity index (χ1) is 14.2. The number of pyridine rings is 1. The van der Waals surface area contributed by atoms with Gasteiger partial charge in [0.15, 0.2) is 5.96 Å². The summed E-state index contributed by atoms with van der Waals surface area (Å²) in [5, 5.41) is 3.34. The zero-order chi connectivity index (χ0) is 20.5. The zero-order valence-electron chi connectivity index (χ0n) is 17.0. The number of benzene rings is 1. The Balaban J connectivity index is 0.00000320. The molecular formula is C21H28F2IN5O. The number of rotatable bonds is 7. The van der Waals surface area contributed by atoms with Crippen molar-refractivity contribution in [1.29, 1.82) is 0 Å². The molecule has 6 nitrogen and oxygen atoms in total. The van der Waals surface area contributed by atoms with E-state index in [0.717, 1.165) is 50.1 Å². The number of hydrogen-bond acceptors (Lipinski definition) is 4. The molecule has 30 heavy (non-hydrogen) atoms. The van der Waals surface area contributed by atoms with Gasteiger partial charge in [0, 0.05) is 38.9 Å². The zero-order valence-corrected chi connectivity index (χ0v) is 19.3. The molecule has 1 aromatic heterocycles. The second-order valence-electron chi connectivity index (χ2n) is 6.68. The van der Waals surface area contributed by atoms with Crippen LogP contribution in [0.2, 0.25) is 0 Å². The quantitative estimate of drug-likeness (QED) is 0.336. The van der Waals surface area contributed by atoms with Crippen molar-refractivity contribution in [3.05, 3.63) is 54.2 Å². The molecule has 2 heterocycles. The molecule has 1 aliphatic heterocycles. The van der Waals surface area contributed by atoms with Crippen molar-refractivity contribution >= 4 is 35.8 Å². The lowest BCUT2D eigenvalue weighted by Crippen LogP contribution is -2.52. The van der Waals surface area contributed by atoms with Crippen LogP contribution in [0, 0.1) is 0 Å². The van der Waals surface area contributed by atoms with Gasteiger partial charge in [-0.1, -0.05) is 18.2 Å². The van der Waals surface area contributed by atoms with Crippen molar-refractivity contribution in [1.82, 2.24) is 15.2 Å². The summed E-state index contributed by atoms with van der Waals surface area (Å²) in [4.78, 5) is 13.7. The highest BCUT2D eigenvalue weighted by atomic mass is 127. The summed E-state index contributed by atoms with van der Waals surface area (Å²) in [6.07, 6.45) is -0.673. The minimum atomic E-state index is -2.48. The Bertz CT molecular complexity index is 786. The molecule has 3 rings (SSSR count). The lowest BCUT2D eigenvalue weighted by molar-refractivity contribution is 0.0818. The number of guanidine groups is 1. The Morgan fingerprint density at radius 1 is 1.17 bits per heavy atom. The van der Waals surface area contributed by atoms with Gasteiger partial charge in [0.2, 0.25) is 0 Å². The van der Waals surface area contributed by atoms with Gasteiger partial charge in [0.1, 0.15) is 18.2 Å². The van der Waals surface area contributed by atoms with Crippen molar-refractivity contribution < 1.29 is 13.5 Å². The van der Waals surface area contributed by atoms with Crippen molar-refractivity contribution in [3.63, 3.8) is 0 Å². The second kappa shape index (κ2) is 12.5. The summed E-state index contributed by atoms with van der Waals surface area (Å²) in [6.45, 7) is 6.11. The van der Waals surface area contributed by atoms with Crippen LogP contribution in [0.15, 0.2) is 53.7 Å². The van der Waals surface area contributed by atoms with Crippen molar-refractivity contribution in [3.8, 4) is 5.75 Å². The first-order valence-corrected chi connectivity index (χ1v) is 9.85. The Labute approximate surface area is 193 Å². The van der Waals surface area contributed by atoms with Crippen LogP contribution in [0.1, 0.15) is 12.5 Å². The molecule has 0 amide bonds. The number of aromatic nitrogens is 1. The summed E-state index contributed by atoms with van der Waals surface area (Å²) in [5.74, 6) is 2.29. The normalized spacial score (nSPS) is 14.5. The van der Waals surface area contributed by atoms with Gasteiger partial charge in [0.25, 0.3) is 6.43 Å². The first-order valence-electron chi connectivity index (χ1n) is 9.85. The Hall–Kier alpha value is -2.17. The molecule has 0 atom stereocenters. The van der Waals surface area contributed by atoms with Crippen LogP contribution in [0.4, 0.5) is 14.6 Å². The van der Waals surface area contributed by atoms with E-state index in [9.17, 15) is 8.78 Å². The first kappa shape index (κ1) is 24.1. The van der Waals surface area contributed by atoms with Gasteiger partial charge in [-0.3, -0.25) is 0 Å². The van der Waals surface area contributed by atoms with Gasteiger partial charge in [-0.2, -0.15) is 0 Å². The van der Waals surface area contributed by atoms with E-state index < -0.39 is 13.0 Å². The molecule has 0 spiro atoms. The third kappa shape index (κ3) is 7.26. The molecule has 0 unspecified atom stereocenters. The topological polar surface area (TPSA) is 53.0 Å². The second-order valence-corrected chi connectivity index (χ2v) is 6.68. The summed E-state index contributed by atoms with van der Waals surface area (Å²) in [6, 6.07) is 13.1. The monoisotopic (exact) mass is 531 g/mol. The molecule has 1 saturated heterocycles. The molecule has 1 aliphatic rings. The lowest BCUT2D eigenvalue weighted by atomic mass is 10.2. The van der Waals surface area contributed by atoms with Gasteiger partial charge in [0.05, 0.1) is 6.54 Å². The van der Waals surface area contributed by atoms with Gasteiger partial charge in [-0.15, -0.1) is 24.0 Å². The third-order valence-electron chi connectivity index (χ3n) is 4.57. The van der Waals surface area contributed by atoms with Gasteiger partial charge in [-0.25, -0.2) is 18.8 Å². The number of anilines is 1. The number of nitrogens with one attached hydrogen (secondary N) is 1. The Morgan fingerprint density at radius 2 is 1.97 bits per heavy atom. The molecule has 2 aromatic rings. The van der Waals surface area contributed by atoms with Gasteiger partial charge in [-0.05, 0) is 36.8 Å². The molecule has 0 aliphatic carbocycles. The summed E-state index contributed by atoms with van der Waals surface area (Å²) < 4.78 is 29.8. The lowest BCUT2D eigenvalue weighted by Gasteiger charge is -2.37. The predicted molar refractivity (Wildman–Crippen MR) is 126 cm³/mol. The standard InChI is InChI=1S/C21H27F2N5O.HI/c1-2-24-21(26-15-17-6-5-7-18(14-17)29-16-19(22)23)28-12-10-27(11-13-28)20-8-3-4-9-25-20;/h3-9,14,19H,2,10-13,15-16H2,1H3,(H,24,26);1H. The van der Waals surface area contributed by atoms with E-state index in [1.54, 1.807) is 18.2 Å². The van der Waals surface area contributed by atoms with Crippen molar-refractivity contribution in [2.24, 2.45) is 4.99 Å². The smallest absolute Gasteiger partial charge is 0.272 e. The fourth-order valence-corrected chi connectivity index (χ4v) is 3.17. The van der Waals surface area contributed by atoms with E-state index in [4.69, 9.17) is 9.73 Å². The highest BCUT2D eigenvalue weighted by molar-refractivity contribution is 14.0. The molecule has 0 radical (unpaired) electrons. The fourth-order valence-electron chi connectivity index (χ4n) is 3.17. The van der Waals surface area contributed by atoms with E-state index >= 15 is 0 Å². The number of ether oxygens (including phenoxy) is 1. The number of halogens is 3. The number of aliphatic imine (C=N–C) groups is 1. The van der Waals surface area contributed by atoms with Crippen LogP contribution >= 0.6 is 24.0 Å². The van der Waals surface area contributed by atoms with Crippen LogP contribution in [-0.2, 0) is 6.54 Å². The summed E-state index contributed by atoms with van der Waals surface area (Å²) in [7, 11) is 0. The van der Waals surface area contributed by atoms with Crippen LogP contribution in [0.5, 0.6) is 5.75 Å². The molecule has 164 valence electrons. The molecule has 0 saturated carbocycles. The maximum Gasteiger partial charge on any atom is 0.272 e. The molecule has 1 aromatic carbocycles. The van der Waals surface area contributed by atoms with Crippen molar-refractivity contribution in [2.45, 2.75) is 19.9 Å². The van der Waals surface area contributed by atoms with E-state index in [0.29, 0.717) is 12.3 Å². The van der Waals surface area contributed by atoms with Gasteiger partial charge < -0.3 is 19.9 Å². The largest absolute Gasteiger partial charge is 0.488 e. The summed E-state index contributed by atoms with van der Waals surface area (Å²) in [5.41, 5.74) is 0.916. The van der Waals surface area contributed by atoms with Crippen LogP contribution in [-0.4, -0.2) is 61.6 Å². The molecule has 1 N–H and O–H groups in total. The fraction of sp³-hybridized carbons (Fsp3) is 0.429. The molecular weight excluding hydrogens is 503 g/mol. The Kier molecular flexibility index (Phi) is 10.0. The molecule has 9 heteroatoms. The SMILES string of the molecule is CCNC(=NCc1cccc(OCC(F)F)c1)N1CCN(c2ccccn2)CC1.I. The third-order valence-corrected chi connectivity index (χ3v) is 4.57. The average molecular weight is 531 g/mol. The highest BCUT2D eigenvalue weighted by Crippen LogP contribution is 2.16. The van der Waals surface area contributed by atoms with Crippen LogP contribution in [0.3, 0.4) is 0 Å². The van der Waals surface area contributed by atoms with E-state index in [2.05, 4.69) is 20.1 Å². The van der Waals surface area contributed by atoms with Crippen LogP contribution in [0.25, 0.3) is 0 Å². The number of piperazine rings is 1. The van der Waals surface area contributed by atoms with E-state index in [1.165, 1.54) is 0 Å². The maximum atomic E-state index is 12.3. The minimum Gasteiger partial charge on any atom is -0.488 e. The highest BCUT2D eigenvalue weighted by Gasteiger charge is 2.20. The van der Waals surface area contributed by atoms with E-state index in [-0.39, 0.29) is 24.0 Å². The Morgan fingerprint density at radius 3 is 2.63 bits per heavy atom. The maximum absolute atomic E-state index is 12.3. The number of hydrogen-bond donors (Lipinski definition) is 1. The number of alkyl halides is 2. The van der Waals surface area contributed by atoms with Gasteiger partial charge >= 0.3 is 0 Å². The molecule has 1 fully saturated rings. The number of nitrogens with zero attached hydrogens (tertiary/aromatic N) is 4. The predicted octanol–water partition coefficient (Wildman–Crippen LogP) is 3.63. The average Bonchev–Trinajstić information content (AvgIpc) is 2.76.